The van der Waals surface area contributed by atoms with Gasteiger partial charge >= 0.3 is 0 Å². The molecule has 0 unspecified atom stereocenters. The summed E-state index contributed by atoms with van der Waals surface area (Å²) in [7, 11) is 0. The molecule has 0 atom stereocenters. The van der Waals surface area contributed by atoms with Crippen molar-refractivity contribution in [1.29, 1.82) is 0 Å². The Morgan fingerprint density at radius 3 is 2.83 bits per heavy atom. The van der Waals surface area contributed by atoms with Crippen molar-refractivity contribution in [3.63, 3.8) is 0 Å². The number of halogens is 1. The van der Waals surface area contributed by atoms with Gasteiger partial charge in [-0.3, -0.25) is 9.59 Å². The quantitative estimate of drug-likeness (QED) is 0.848. The summed E-state index contributed by atoms with van der Waals surface area (Å²) in [5.74, 6) is 0.855. The molecule has 5 nitrogen and oxygen atoms in total. The molecule has 1 fully saturated rings. The molecule has 0 saturated carbocycles. The summed E-state index contributed by atoms with van der Waals surface area (Å²) in [6, 6.07) is 5.17. The van der Waals surface area contributed by atoms with Gasteiger partial charge in [-0.1, -0.05) is 31.9 Å². The number of ether oxygens (including phenoxy) is 1. The minimum atomic E-state index is -0.211. The highest BCUT2D eigenvalue weighted by molar-refractivity contribution is 6.32. The normalized spacial score (nSPS) is 15.3. The van der Waals surface area contributed by atoms with Gasteiger partial charge in [0.2, 0.25) is 11.8 Å². The second kappa shape index (κ2) is 8.92. The molecular formula is C18H25ClN2O3. The van der Waals surface area contributed by atoms with Crippen LogP contribution < -0.4 is 10.1 Å². The maximum atomic E-state index is 12.2. The number of hydrogen-bond acceptors (Lipinski definition) is 3. The number of carbonyl (C=O) groups is 2. The van der Waals surface area contributed by atoms with E-state index in [9.17, 15) is 9.59 Å². The van der Waals surface area contributed by atoms with E-state index in [4.69, 9.17) is 16.3 Å². The zero-order chi connectivity index (χ0) is 17.5. The molecule has 0 bridgehead atoms. The minimum absolute atomic E-state index is 0.0538. The Bertz CT molecular complexity index is 590. The second-order valence-corrected chi connectivity index (χ2v) is 6.93. The second-order valence-electron chi connectivity index (χ2n) is 6.52. The van der Waals surface area contributed by atoms with Gasteiger partial charge in [0.1, 0.15) is 5.75 Å². The van der Waals surface area contributed by atoms with E-state index in [-0.39, 0.29) is 18.4 Å². The Balaban J connectivity index is 1.91. The van der Waals surface area contributed by atoms with E-state index >= 15 is 0 Å². The van der Waals surface area contributed by atoms with E-state index < -0.39 is 0 Å². The largest absolute Gasteiger partial charge is 0.492 e. The molecule has 0 aliphatic carbocycles. The zero-order valence-electron chi connectivity index (χ0n) is 14.3. The van der Waals surface area contributed by atoms with Crippen molar-refractivity contribution in [3.05, 3.63) is 23.2 Å². The average Bonchev–Trinajstić information content (AvgIpc) is 2.71. The van der Waals surface area contributed by atoms with E-state index in [1.165, 1.54) is 0 Å². The van der Waals surface area contributed by atoms with E-state index in [1.807, 2.05) is 0 Å². The number of amides is 2. The molecule has 1 saturated heterocycles. The predicted octanol–water partition coefficient (Wildman–Crippen LogP) is 3.72. The highest BCUT2D eigenvalue weighted by atomic mass is 35.5. The van der Waals surface area contributed by atoms with E-state index in [1.54, 1.807) is 23.1 Å². The lowest BCUT2D eigenvalue weighted by molar-refractivity contribution is -0.134. The fourth-order valence-corrected chi connectivity index (χ4v) is 2.77. The van der Waals surface area contributed by atoms with Crippen LogP contribution in [0.3, 0.4) is 0 Å². The third-order valence-corrected chi connectivity index (χ3v) is 4.09. The number of likely N-dealkylation sites (tertiary alicyclic amines) is 1. The van der Waals surface area contributed by atoms with Crippen molar-refractivity contribution in [3.8, 4) is 5.75 Å². The van der Waals surface area contributed by atoms with Gasteiger partial charge in [-0.15, -0.1) is 0 Å². The minimum Gasteiger partial charge on any atom is -0.492 e. The monoisotopic (exact) mass is 352 g/mol. The first-order chi connectivity index (χ1) is 11.5. The molecule has 6 heteroatoms. The summed E-state index contributed by atoms with van der Waals surface area (Å²) in [5.41, 5.74) is 0.601. The number of nitrogens with one attached hydrogen (secondary N) is 1. The fraction of sp³-hybridized carbons (Fsp3) is 0.556. The molecule has 2 amide bonds. The van der Waals surface area contributed by atoms with Gasteiger partial charge in [-0.2, -0.15) is 0 Å². The third kappa shape index (κ3) is 5.71. The molecular weight excluding hydrogens is 328 g/mol. The van der Waals surface area contributed by atoms with Gasteiger partial charge in [0.15, 0.2) is 0 Å². The van der Waals surface area contributed by atoms with Crippen LogP contribution in [-0.4, -0.2) is 36.4 Å². The summed E-state index contributed by atoms with van der Waals surface area (Å²) < 4.78 is 5.61. The summed E-state index contributed by atoms with van der Waals surface area (Å²) in [6.45, 7) is 5.44. The van der Waals surface area contributed by atoms with Crippen molar-refractivity contribution in [2.24, 2.45) is 5.92 Å². The molecule has 132 valence electrons. The lowest BCUT2D eigenvalue weighted by Crippen LogP contribution is -2.37. The number of rotatable bonds is 6. The van der Waals surface area contributed by atoms with Gasteiger partial charge in [-0.25, -0.2) is 0 Å². The number of carbonyl (C=O) groups excluding carboxylic acids is 2. The first kappa shape index (κ1) is 18.6. The van der Waals surface area contributed by atoms with Crippen LogP contribution in [0.4, 0.5) is 5.69 Å². The average molecular weight is 353 g/mol. The molecule has 0 aromatic heterocycles. The SMILES string of the molecule is CC(C)COc1ccc(NC(=O)CN2CCCCCC2=O)cc1Cl. The van der Waals surface area contributed by atoms with Crippen LogP contribution in [-0.2, 0) is 9.59 Å². The molecule has 1 heterocycles. The van der Waals surface area contributed by atoms with Gasteiger partial charge < -0.3 is 15.0 Å². The van der Waals surface area contributed by atoms with Crippen LogP contribution in [0.25, 0.3) is 0 Å². The summed E-state index contributed by atoms with van der Waals surface area (Å²) in [4.78, 5) is 25.7. The third-order valence-electron chi connectivity index (χ3n) is 3.79. The number of nitrogens with zero attached hydrogens (tertiary/aromatic N) is 1. The molecule has 1 N–H and O–H groups in total. The lowest BCUT2D eigenvalue weighted by Gasteiger charge is -2.20. The van der Waals surface area contributed by atoms with Gasteiger partial charge in [0.25, 0.3) is 0 Å². The van der Waals surface area contributed by atoms with Crippen molar-refractivity contribution in [2.75, 3.05) is 25.0 Å². The summed E-state index contributed by atoms with van der Waals surface area (Å²) in [5, 5.41) is 3.25. The predicted molar refractivity (Wildman–Crippen MR) is 95.5 cm³/mol. The van der Waals surface area contributed by atoms with Crippen molar-refractivity contribution in [1.82, 2.24) is 4.90 Å². The summed E-state index contributed by atoms with van der Waals surface area (Å²) in [6.07, 6.45) is 3.43. The molecule has 2 rings (SSSR count). The van der Waals surface area contributed by atoms with Crippen LogP contribution in [0, 0.1) is 5.92 Å². The van der Waals surface area contributed by atoms with Gasteiger partial charge in [0.05, 0.1) is 18.2 Å². The Kier molecular flexibility index (Phi) is 6.91. The highest BCUT2D eigenvalue weighted by Gasteiger charge is 2.19. The van der Waals surface area contributed by atoms with Gasteiger partial charge in [-0.05, 0) is 37.0 Å². The highest BCUT2D eigenvalue weighted by Crippen LogP contribution is 2.28. The lowest BCUT2D eigenvalue weighted by atomic mass is 10.2. The number of benzene rings is 1. The van der Waals surface area contributed by atoms with Gasteiger partial charge in [0, 0.05) is 18.7 Å². The van der Waals surface area contributed by atoms with Crippen molar-refractivity contribution in [2.45, 2.75) is 39.5 Å². The maximum Gasteiger partial charge on any atom is 0.243 e. The Morgan fingerprint density at radius 1 is 1.33 bits per heavy atom. The first-order valence-corrected chi connectivity index (χ1v) is 8.83. The van der Waals surface area contributed by atoms with Crippen LogP contribution in [0.1, 0.15) is 39.5 Å². The van der Waals surface area contributed by atoms with E-state index in [0.717, 1.165) is 19.3 Å². The molecule has 1 aromatic carbocycles. The Hall–Kier alpha value is -1.75. The topological polar surface area (TPSA) is 58.6 Å². The van der Waals surface area contributed by atoms with E-state index in [2.05, 4.69) is 19.2 Å². The number of anilines is 1. The molecule has 1 aliphatic heterocycles. The number of hydrogen-bond donors (Lipinski definition) is 1. The van der Waals surface area contributed by atoms with E-state index in [0.29, 0.717) is 41.9 Å². The maximum absolute atomic E-state index is 12.2. The summed E-state index contributed by atoms with van der Waals surface area (Å²) >= 11 is 6.19. The standard InChI is InChI=1S/C18H25ClN2O3/c1-13(2)12-24-16-8-7-14(10-15(16)19)20-17(22)11-21-9-5-3-4-6-18(21)23/h7-8,10,13H,3-6,9,11-12H2,1-2H3,(H,20,22). The molecule has 0 spiro atoms. The smallest absolute Gasteiger partial charge is 0.243 e. The molecule has 0 radical (unpaired) electrons. The van der Waals surface area contributed by atoms with Crippen LogP contribution in [0.15, 0.2) is 18.2 Å². The molecule has 24 heavy (non-hydrogen) atoms. The molecule has 1 aromatic rings. The van der Waals surface area contributed by atoms with Crippen LogP contribution in [0.2, 0.25) is 5.02 Å². The first-order valence-electron chi connectivity index (χ1n) is 8.45. The van der Waals surface area contributed by atoms with Crippen LogP contribution >= 0.6 is 11.6 Å². The molecule has 1 aliphatic rings. The Morgan fingerprint density at radius 2 is 2.12 bits per heavy atom. The fourth-order valence-electron chi connectivity index (χ4n) is 2.53. The Labute approximate surface area is 148 Å². The zero-order valence-corrected chi connectivity index (χ0v) is 15.1. The van der Waals surface area contributed by atoms with Crippen molar-refractivity contribution >= 4 is 29.1 Å². The van der Waals surface area contributed by atoms with Crippen LogP contribution in [0.5, 0.6) is 5.75 Å². The van der Waals surface area contributed by atoms with Crippen molar-refractivity contribution < 1.29 is 14.3 Å².